The molecular weight excluding hydrogens is 318 g/mol. The first-order valence-electron chi connectivity index (χ1n) is 7.43. The van der Waals surface area contributed by atoms with Crippen molar-refractivity contribution in [1.29, 1.82) is 0 Å². The molecule has 0 aliphatic carbocycles. The van der Waals surface area contributed by atoms with Crippen molar-refractivity contribution in [2.75, 3.05) is 13.2 Å². The van der Waals surface area contributed by atoms with Gasteiger partial charge in [-0.3, -0.25) is 4.79 Å². The molecule has 128 valence electrons. The first kappa shape index (κ1) is 19.3. The van der Waals surface area contributed by atoms with E-state index in [4.69, 9.17) is 21.1 Å². The van der Waals surface area contributed by atoms with E-state index in [-0.39, 0.29) is 18.9 Å². The van der Waals surface area contributed by atoms with Gasteiger partial charge in [0.1, 0.15) is 18.0 Å². The number of rotatable bonds is 5. The third-order valence-electron chi connectivity index (χ3n) is 3.17. The lowest BCUT2D eigenvalue weighted by Gasteiger charge is -2.20. The summed E-state index contributed by atoms with van der Waals surface area (Å²) in [4.78, 5) is 23.3. The van der Waals surface area contributed by atoms with E-state index in [0.29, 0.717) is 16.3 Å². The number of halogens is 1. The quantitative estimate of drug-likeness (QED) is 0.647. The highest BCUT2D eigenvalue weighted by Gasteiger charge is 2.17. The second-order valence-electron chi connectivity index (χ2n) is 6.32. The molecule has 23 heavy (non-hydrogen) atoms. The second kappa shape index (κ2) is 7.68. The Morgan fingerprint density at radius 1 is 1.22 bits per heavy atom. The summed E-state index contributed by atoms with van der Waals surface area (Å²) in [6.45, 7) is 11.1. The maximum Gasteiger partial charge on any atom is 0.407 e. The van der Waals surface area contributed by atoms with Crippen LogP contribution in [0.5, 0.6) is 5.75 Å². The molecule has 0 unspecified atom stereocenters. The molecule has 1 amide bonds. The lowest BCUT2D eigenvalue weighted by atomic mass is 10.0. The van der Waals surface area contributed by atoms with Crippen LogP contribution in [-0.2, 0) is 4.74 Å². The largest absolute Gasteiger partial charge is 0.491 e. The number of alkyl carbamates (subject to hydrolysis) is 1. The van der Waals surface area contributed by atoms with Crippen LogP contribution in [0, 0.1) is 13.8 Å². The predicted molar refractivity (Wildman–Crippen MR) is 90.7 cm³/mol. The van der Waals surface area contributed by atoms with E-state index in [1.165, 1.54) is 6.92 Å². The van der Waals surface area contributed by atoms with Gasteiger partial charge in [0.05, 0.1) is 12.1 Å². The molecule has 5 nitrogen and oxygen atoms in total. The average Bonchev–Trinajstić information content (AvgIpc) is 2.40. The molecule has 0 bridgehead atoms. The number of hydrogen-bond acceptors (Lipinski definition) is 4. The van der Waals surface area contributed by atoms with Gasteiger partial charge < -0.3 is 14.8 Å². The van der Waals surface area contributed by atoms with Crippen molar-refractivity contribution in [3.63, 3.8) is 0 Å². The molecule has 0 fully saturated rings. The minimum absolute atomic E-state index is 0.120. The molecule has 0 atom stereocenters. The molecule has 0 radical (unpaired) electrons. The number of ether oxygens (including phenoxy) is 2. The lowest BCUT2D eigenvalue weighted by molar-refractivity contribution is 0.0519. The van der Waals surface area contributed by atoms with E-state index >= 15 is 0 Å². The van der Waals surface area contributed by atoms with Crippen LogP contribution in [0.4, 0.5) is 4.79 Å². The van der Waals surface area contributed by atoms with Crippen LogP contribution >= 0.6 is 11.6 Å². The third kappa shape index (κ3) is 5.75. The zero-order valence-electron chi connectivity index (χ0n) is 14.5. The summed E-state index contributed by atoms with van der Waals surface area (Å²) in [5.74, 6) is 0.385. The molecule has 1 aromatic carbocycles. The van der Waals surface area contributed by atoms with Gasteiger partial charge in [0.25, 0.3) is 0 Å². The minimum Gasteiger partial charge on any atom is -0.491 e. The molecule has 0 spiro atoms. The normalized spacial score (nSPS) is 11.1. The Morgan fingerprint density at radius 2 is 1.83 bits per heavy atom. The zero-order valence-corrected chi connectivity index (χ0v) is 15.3. The van der Waals surface area contributed by atoms with Crippen molar-refractivity contribution in [3.05, 3.63) is 27.8 Å². The molecule has 0 aliphatic rings. The number of amides is 1. The van der Waals surface area contributed by atoms with Gasteiger partial charge >= 0.3 is 6.09 Å². The Morgan fingerprint density at radius 3 is 2.35 bits per heavy atom. The number of ketones is 1. The Bertz CT molecular complexity index is 606. The fourth-order valence-corrected chi connectivity index (χ4v) is 2.17. The predicted octanol–water partition coefficient (Wildman–Crippen LogP) is 4.06. The second-order valence-corrected chi connectivity index (χ2v) is 6.73. The maximum absolute atomic E-state index is 11.8. The summed E-state index contributed by atoms with van der Waals surface area (Å²) in [5.41, 5.74) is 1.58. The molecule has 0 aliphatic heterocycles. The van der Waals surface area contributed by atoms with Crippen molar-refractivity contribution in [2.45, 2.75) is 47.1 Å². The van der Waals surface area contributed by atoms with Gasteiger partial charge in [-0.1, -0.05) is 11.6 Å². The van der Waals surface area contributed by atoms with Gasteiger partial charge in [-0.25, -0.2) is 4.79 Å². The van der Waals surface area contributed by atoms with Gasteiger partial charge in [0.2, 0.25) is 0 Å². The van der Waals surface area contributed by atoms with Crippen molar-refractivity contribution in [2.24, 2.45) is 0 Å². The minimum atomic E-state index is -0.545. The van der Waals surface area contributed by atoms with Crippen LogP contribution in [0.15, 0.2) is 6.07 Å². The summed E-state index contributed by atoms with van der Waals surface area (Å²) >= 11 is 6.12. The van der Waals surface area contributed by atoms with E-state index in [9.17, 15) is 9.59 Å². The number of Topliss-reactive ketones (excluding diaryl/α,β-unsaturated/α-hetero) is 1. The van der Waals surface area contributed by atoms with E-state index in [1.807, 2.05) is 13.8 Å². The van der Waals surface area contributed by atoms with Crippen LogP contribution in [0.2, 0.25) is 5.02 Å². The van der Waals surface area contributed by atoms with E-state index < -0.39 is 11.7 Å². The summed E-state index contributed by atoms with van der Waals surface area (Å²) in [7, 11) is 0. The van der Waals surface area contributed by atoms with E-state index in [0.717, 1.165) is 11.1 Å². The molecule has 0 heterocycles. The van der Waals surface area contributed by atoms with Crippen molar-refractivity contribution >= 4 is 23.5 Å². The molecule has 0 saturated carbocycles. The summed E-state index contributed by atoms with van der Waals surface area (Å²) in [6.07, 6.45) is -0.503. The monoisotopic (exact) mass is 341 g/mol. The number of carbonyl (C=O) groups excluding carboxylic acids is 2. The van der Waals surface area contributed by atoms with Crippen molar-refractivity contribution in [3.8, 4) is 5.75 Å². The third-order valence-corrected chi connectivity index (χ3v) is 3.57. The average molecular weight is 342 g/mol. The number of hydrogen-bond donors (Lipinski definition) is 1. The van der Waals surface area contributed by atoms with Crippen LogP contribution in [0.1, 0.15) is 49.2 Å². The topological polar surface area (TPSA) is 64.6 Å². The van der Waals surface area contributed by atoms with Crippen molar-refractivity contribution < 1.29 is 19.1 Å². The smallest absolute Gasteiger partial charge is 0.407 e. The summed E-state index contributed by atoms with van der Waals surface area (Å²) < 4.78 is 10.8. The highest BCUT2D eigenvalue weighted by atomic mass is 35.5. The first-order chi connectivity index (χ1) is 10.5. The Labute approximate surface area is 142 Å². The highest BCUT2D eigenvalue weighted by molar-refractivity contribution is 6.32. The van der Waals surface area contributed by atoms with E-state index in [2.05, 4.69) is 5.32 Å². The van der Waals surface area contributed by atoms with Gasteiger partial charge in [0, 0.05) is 5.02 Å². The molecule has 1 N–H and O–H groups in total. The van der Waals surface area contributed by atoms with Gasteiger partial charge in [-0.15, -0.1) is 0 Å². The fourth-order valence-electron chi connectivity index (χ4n) is 1.92. The summed E-state index contributed by atoms with van der Waals surface area (Å²) in [5, 5.41) is 3.14. The van der Waals surface area contributed by atoms with Crippen LogP contribution in [0.25, 0.3) is 0 Å². The lowest BCUT2D eigenvalue weighted by Crippen LogP contribution is -2.34. The zero-order chi connectivity index (χ0) is 17.8. The molecule has 1 aromatic rings. The summed E-state index contributed by atoms with van der Waals surface area (Å²) in [6, 6.07) is 1.61. The number of nitrogens with one attached hydrogen (secondary N) is 1. The van der Waals surface area contributed by atoms with Crippen LogP contribution in [-0.4, -0.2) is 30.6 Å². The Hall–Kier alpha value is -1.75. The van der Waals surface area contributed by atoms with Crippen LogP contribution < -0.4 is 10.1 Å². The van der Waals surface area contributed by atoms with Gasteiger partial charge in [-0.05, 0) is 58.7 Å². The molecule has 0 saturated heterocycles. The first-order valence-corrected chi connectivity index (χ1v) is 7.81. The Kier molecular flexibility index (Phi) is 6.45. The Balaban J connectivity index is 2.70. The number of benzene rings is 1. The van der Waals surface area contributed by atoms with Gasteiger partial charge in [0.15, 0.2) is 5.78 Å². The van der Waals surface area contributed by atoms with Crippen LogP contribution in [0.3, 0.4) is 0 Å². The molecule has 0 aromatic heterocycles. The highest BCUT2D eigenvalue weighted by Crippen LogP contribution is 2.32. The van der Waals surface area contributed by atoms with Crippen molar-refractivity contribution in [1.82, 2.24) is 5.32 Å². The maximum atomic E-state index is 11.8. The SMILES string of the molecule is CC(=O)c1cc(Cl)c(C)c(C)c1OCCNC(=O)OC(C)(C)C. The van der Waals surface area contributed by atoms with E-state index in [1.54, 1.807) is 26.8 Å². The molecule has 6 heteroatoms. The molecular formula is C17H24ClNO4. The number of carbonyl (C=O) groups is 2. The standard InChI is InChI=1S/C17H24ClNO4/c1-10-11(2)15(13(12(3)20)9-14(10)18)22-8-7-19-16(21)23-17(4,5)6/h9H,7-8H2,1-6H3,(H,19,21). The fraction of sp³-hybridized carbons (Fsp3) is 0.529. The van der Waals surface area contributed by atoms with Gasteiger partial charge in [-0.2, -0.15) is 0 Å². The molecule has 1 rings (SSSR count).